The summed E-state index contributed by atoms with van der Waals surface area (Å²) in [5.41, 5.74) is 2.52. The van der Waals surface area contributed by atoms with Crippen molar-refractivity contribution >= 4 is 16.8 Å². The van der Waals surface area contributed by atoms with Crippen LogP contribution in [0.1, 0.15) is 10.4 Å². The molecule has 0 aliphatic heterocycles. The first-order valence-electron chi connectivity index (χ1n) is 11.3. The van der Waals surface area contributed by atoms with E-state index >= 15 is 0 Å². The van der Waals surface area contributed by atoms with Gasteiger partial charge in [0.05, 0.1) is 51.8 Å². The van der Waals surface area contributed by atoms with Gasteiger partial charge < -0.3 is 29.0 Å². The average Bonchev–Trinajstić information content (AvgIpc) is 2.93. The summed E-state index contributed by atoms with van der Waals surface area (Å²) in [4.78, 5) is 18.0. The molecule has 1 N–H and O–H groups in total. The van der Waals surface area contributed by atoms with E-state index in [4.69, 9.17) is 28.7 Å². The molecule has 8 nitrogen and oxygen atoms in total. The number of para-hydroxylation sites is 3. The van der Waals surface area contributed by atoms with Crippen LogP contribution in [-0.4, -0.2) is 52.5 Å². The standard InChI is InChI=1S/C28H28N2O6/c1-32-23-11-7-8-12-24(23)36-14-13-29-28(31)20-17-22(30-21-10-6-5-9-19(20)21)18-15-25(33-2)27(35-4)26(16-18)34-3/h5-12,15-17H,13-14H2,1-4H3,(H,29,31). The molecule has 0 fully saturated rings. The van der Waals surface area contributed by atoms with Crippen molar-refractivity contribution in [2.75, 3.05) is 41.6 Å². The van der Waals surface area contributed by atoms with Crippen LogP contribution >= 0.6 is 0 Å². The summed E-state index contributed by atoms with van der Waals surface area (Å²) in [6, 6.07) is 20.3. The van der Waals surface area contributed by atoms with E-state index < -0.39 is 0 Å². The van der Waals surface area contributed by atoms with Crippen LogP contribution < -0.4 is 29.0 Å². The number of ether oxygens (including phenoxy) is 5. The number of amides is 1. The zero-order chi connectivity index (χ0) is 25.5. The van der Waals surface area contributed by atoms with E-state index in [1.807, 2.05) is 48.5 Å². The number of pyridine rings is 1. The molecule has 36 heavy (non-hydrogen) atoms. The summed E-state index contributed by atoms with van der Waals surface area (Å²) >= 11 is 0. The van der Waals surface area contributed by atoms with Gasteiger partial charge in [0.2, 0.25) is 5.75 Å². The Bertz CT molecular complexity index is 1350. The maximum atomic E-state index is 13.2. The molecule has 0 saturated heterocycles. The molecule has 3 aromatic carbocycles. The normalized spacial score (nSPS) is 10.6. The van der Waals surface area contributed by atoms with Crippen molar-refractivity contribution < 1.29 is 28.5 Å². The SMILES string of the molecule is COc1ccccc1OCCNC(=O)c1cc(-c2cc(OC)c(OC)c(OC)c2)nc2ccccc12. The van der Waals surface area contributed by atoms with E-state index in [0.717, 1.165) is 10.9 Å². The molecule has 0 saturated carbocycles. The second-order valence-corrected chi connectivity index (χ2v) is 7.74. The number of rotatable bonds is 10. The first-order chi connectivity index (χ1) is 17.6. The Morgan fingerprint density at radius 1 is 0.778 bits per heavy atom. The largest absolute Gasteiger partial charge is 0.493 e. The molecule has 8 heteroatoms. The number of nitrogens with one attached hydrogen (secondary N) is 1. The quantitative estimate of drug-likeness (QED) is 0.323. The Hall–Kier alpha value is -4.46. The fourth-order valence-electron chi connectivity index (χ4n) is 3.90. The molecule has 0 spiro atoms. The third-order valence-corrected chi connectivity index (χ3v) is 5.64. The zero-order valence-corrected chi connectivity index (χ0v) is 20.7. The van der Waals surface area contributed by atoms with Crippen molar-refractivity contribution in [1.29, 1.82) is 0 Å². The second kappa shape index (κ2) is 11.3. The molecule has 1 heterocycles. The number of fused-ring (bicyclic) bond motifs is 1. The Balaban J connectivity index is 1.61. The summed E-state index contributed by atoms with van der Waals surface area (Å²) in [5, 5.41) is 3.69. The molecular weight excluding hydrogens is 460 g/mol. The predicted octanol–water partition coefficient (Wildman–Crippen LogP) is 4.75. The summed E-state index contributed by atoms with van der Waals surface area (Å²) in [6.07, 6.45) is 0. The topological polar surface area (TPSA) is 88.1 Å². The van der Waals surface area contributed by atoms with Gasteiger partial charge in [-0.2, -0.15) is 0 Å². The highest BCUT2D eigenvalue weighted by Crippen LogP contribution is 2.41. The van der Waals surface area contributed by atoms with Crippen molar-refractivity contribution in [1.82, 2.24) is 10.3 Å². The summed E-state index contributed by atoms with van der Waals surface area (Å²) < 4.78 is 27.5. The van der Waals surface area contributed by atoms with E-state index in [2.05, 4.69) is 5.32 Å². The highest BCUT2D eigenvalue weighted by atomic mass is 16.5. The summed E-state index contributed by atoms with van der Waals surface area (Å²) in [5.74, 6) is 2.51. The van der Waals surface area contributed by atoms with Gasteiger partial charge in [0, 0.05) is 10.9 Å². The maximum Gasteiger partial charge on any atom is 0.252 e. The Morgan fingerprint density at radius 2 is 1.42 bits per heavy atom. The number of hydrogen-bond donors (Lipinski definition) is 1. The molecule has 0 aliphatic carbocycles. The Labute approximate surface area is 209 Å². The number of nitrogens with zero attached hydrogens (tertiary/aromatic N) is 1. The van der Waals surface area contributed by atoms with Gasteiger partial charge in [-0.05, 0) is 36.4 Å². The van der Waals surface area contributed by atoms with Crippen LogP contribution in [0.3, 0.4) is 0 Å². The lowest BCUT2D eigenvalue weighted by Gasteiger charge is -2.15. The average molecular weight is 489 g/mol. The van der Waals surface area contributed by atoms with Gasteiger partial charge in [0.25, 0.3) is 5.91 Å². The second-order valence-electron chi connectivity index (χ2n) is 7.74. The smallest absolute Gasteiger partial charge is 0.252 e. The molecule has 4 rings (SSSR count). The molecule has 0 unspecified atom stereocenters. The first kappa shape index (κ1) is 24.7. The lowest BCUT2D eigenvalue weighted by Crippen LogP contribution is -2.28. The van der Waals surface area contributed by atoms with E-state index in [1.165, 1.54) is 0 Å². The fourth-order valence-corrected chi connectivity index (χ4v) is 3.90. The lowest BCUT2D eigenvalue weighted by molar-refractivity contribution is 0.0948. The Kier molecular flexibility index (Phi) is 7.75. The van der Waals surface area contributed by atoms with Crippen LogP contribution in [0.15, 0.2) is 66.7 Å². The number of carbonyl (C=O) groups is 1. The predicted molar refractivity (Wildman–Crippen MR) is 138 cm³/mol. The van der Waals surface area contributed by atoms with Crippen molar-refractivity contribution in [3.8, 4) is 40.0 Å². The molecule has 0 aliphatic rings. The molecule has 1 aromatic heterocycles. The minimum atomic E-state index is -0.231. The van der Waals surface area contributed by atoms with Crippen LogP contribution in [0.2, 0.25) is 0 Å². The zero-order valence-electron chi connectivity index (χ0n) is 20.7. The van der Waals surface area contributed by atoms with E-state index in [-0.39, 0.29) is 12.5 Å². The van der Waals surface area contributed by atoms with Crippen molar-refractivity contribution in [3.63, 3.8) is 0 Å². The summed E-state index contributed by atoms with van der Waals surface area (Å²) in [7, 11) is 6.25. The molecule has 0 bridgehead atoms. The third-order valence-electron chi connectivity index (χ3n) is 5.64. The van der Waals surface area contributed by atoms with Gasteiger partial charge in [0.15, 0.2) is 23.0 Å². The van der Waals surface area contributed by atoms with Gasteiger partial charge in [0.1, 0.15) is 6.61 Å². The first-order valence-corrected chi connectivity index (χ1v) is 11.3. The molecule has 0 radical (unpaired) electrons. The van der Waals surface area contributed by atoms with Crippen LogP contribution in [0.5, 0.6) is 28.7 Å². The van der Waals surface area contributed by atoms with Gasteiger partial charge in [-0.15, -0.1) is 0 Å². The number of aromatic nitrogens is 1. The van der Waals surface area contributed by atoms with Crippen molar-refractivity contribution in [2.45, 2.75) is 0 Å². The van der Waals surface area contributed by atoms with E-state index in [1.54, 1.807) is 46.6 Å². The molecule has 0 atom stereocenters. The van der Waals surface area contributed by atoms with Crippen LogP contribution in [-0.2, 0) is 0 Å². The van der Waals surface area contributed by atoms with Crippen LogP contribution in [0.4, 0.5) is 0 Å². The lowest BCUT2D eigenvalue weighted by atomic mass is 10.0. The number of carbonyl (C=O) groups excluding carboxylic acids is 1. The van der Waals surface area contributed by atoms with Gasteiger partial charge in [-0.3, -0.25) is 4.79 Å². The summed E-state index contributed by atoms with van der Waals surface area (Å²) in [6.45, 7) is 0.599. The molecule has 1 amide bonds. The minimum Gasteiger partial charge on any atom is -0.493 e. The highest BCUT2D eigenvalue weighted by Gasteiger charge is 2.18. The molecule has 186 valence electrons. The van der Waals surface area contributed by atoms with E-state index in [0.29, 0.717) is 52.1 Å². The number of hydrogen-bond acceptors (Lipinski definition) is 7. The number of methoxy groups -OCH3 is 4. The van der Waals surface area contributed by atoms with Gasteiger partial charge in [-0.25, -0.2) is 4.98 Å². The molecule has 4 aromatic rings. The van der Waals surface area contributed by atoms with Crippen molar-refractivity contribution in [3.05, 3.63) is 72.3 Å². The highest BCUT2D eigenvalue weighted by molar-refractivity contribution is 6.07. The monoisotopic (exact) mass is 488 g/mol. The van der Waals surface area contributed by atoms with Gasteiger partial charge >= 0.3 is 0 Å². The minimum absolute atomic E-state index is 0.231. The maximum absolute atomic E-state index is 13.2. The number of benzene rings is 3. The fraction of sp³-hybridized carbons (Fsp3) is 0.214. The van der Waals surface area contributed by atoms with E-state index in [9.17, 15) is 4.79 Å². The Morgan fingerprint density at radius 3 is 2.08 bits per heavy atom. The van der Waals surface area contributed by atoms with Crippen LogP contribution in [0, 0.1) is 0 Å². The van der Waals surface area contributed by atoms with Crippen LogP contribution in [0.25, 0.3) is 22.2 Å². The van der Waals surface area contributed by atoms with Gasteiger partial charge in [-0.1, -0.05) is 30.3 Å². The third kappa shape index (κ3) is 5.12. The molecular formula is C28H28N2O6. The van der Waals surface area contributed by atoms with Crippen molar-refractivity contribution in [2.24, 2.45) is 0 Å².